The van der Waals surface area contributed by atoms with Gasteiger partial charge in [-0.25, -0.2) is 14.0 Å². The van der Waals surface area contributed by atoms with Crippen LogP contribution in [-0.2, 0) is 65.3 Å². The van der Waals surface area contributed by atoms with Gasteiger partial charge in [0.1, 0.15) is 38.5 Å². The van der Waals surface area contributed by atoms with E-state index in [9.17, 15) is 28.8 Å². The monoisotopic (exact) mass is 888 g/mol. The van der Waals surface area contributed by atoms with Crippen LogP contribution in [-0.4, -0.2) is 76.5 Å². The molecule has 0 amide bonds. The lowest BCUT2D eigenvalue weighted by Crippen LogP contribution is -2.40. The molecule has 13 nitrogen and oxygen atoms in total. The van der Waals surface area contributed by atoms with Crippen LogP contribution in [0.2, 0.25) is 0 Å². The molecule has 0 spiro atoms. The lowest BCUT2D eigenvalue weighted by Gasteiger charge is -2.32. The Labute approximate surface area is 375 Å². The van der Waals surface area contributed by atoms with Crippen molar-refractivity contribution >= 4 is 35.8 Å². The van der Waals surface area contributed by atoms with Gasteiger partial charge in [-0.05, 0) is 92.0 Å². The van der Waals surface area contributed by atoms with Crippen molar-refractivity contribution < 1.29 is 66.3 Å². The van der Waals surface area contributed by atoms with E-state index in [1.807, 2.05) is 12.1 Å². The molecule has 0 aromatic heterocycles. The number of methoxy groups -OCH3 is 2. The number of esters is 6. The number of carbonyl (C=O) groups is 6. The van der Waals surface area contributed by atoms with E-state index in [-0.39, 0.29) is 60.7 Å². The highest BCUT2D eigenvalue weighted by atomic mass is 19.1. The zero-order valence-corrected chi connectivity index (χ0v) is 37.9. The van der Waals surface area contributed by atoms with E-state index in [1.54, 1.807) is 25.1 Å². The summed E-state index contributed by atoms with van der Waals surface area (Å²) in [6.07, 6.45) is 6.10. The van der Waals surface area contributed by atoms with E-state index in [0.29, 0.717) is 16.7 Å². The number of ether oxygens (including phenoxy) is 7. The molecule has 64 heavy (non-hydrogen) atoms. The summed E-state index contributed by atoms with van der Waals surface area (Å²) >= 11 is 0. The van der Waals surface area contributed by atoms with Crippen molar-refractivity contribution in [2.24, 2.45) is 5.41 Å². The van der Waals surface area contributed by atoms with E-state index in [1.165, 1.54) is 57.2 Å². The van der Waals surface area contributed by atoms with Crippen LogP contribution in [0, 0.1) is 11.2 Å². The van der Waals surface area contributed by atoms with Gasteiger partial charge < -0.3 is 33.2 Å². The fraction of sp³-hybridized carbons (Fsp3) is 0.440. The van der Waals surface area contributed by atoms with Crippen molar-refractivity contribution in [2.45, 2.75) is 98.3 Å². The van der Waals surface area contributed by atoms with Crippen molar-refractivity contribution in [1.29, 1.82) is 0 Å². The highest BCUT2D eigenvalue weighted by Gasteiger charge is 2.35. The summed E-state index contributed by atoms with van der Waals surface area (Å²) < 4.78 is 53.9. The number of hydrogen-bond donors (Lipinski definition) is 0. The molecule has 0 unspecified atom stereocenters. The number of rotatable bonds is 27. The molecule has 0 N–H and O–H groups in total. The third-order valence-electron chi connectivity index (χ3n) is 10.4. The van der Waals surface area contributed by atoms with E-state index >= 15 is 4.39 Å². The molecule has 346 valence electrons. The second-order valence-corrected chi connectivity index (χ2v) is 15.7. The van der Waals surface area contributed by atoms with Crippen LogP contribution in [0.1, 0.15) is 96.6 Å². The van der Waals surface area contributed by atoms with Gasteiger partial charge in [-0.15, -0.1) is 0 Å². The van der Waals surface area contributed by atoms with Gasteiger partial charge in [-0.1, -0.05) is 89.1 Å². The fourth-order valence-electron chi connectivity index (χ4n) is 6.31. The van der Waals surface area contributed by atoms with Crippen LogP contribution in [0.15, 0.2) is 78.9 Å². The molecule has 3 aromatic rings. The van der Waals surface area contributed by atoms with Gasteiger partial charge in [0.25, 0.3) is 0 Å². The first-order valence-electron chi connectivity index (χ1n) is 21.4. The highest BCUT2D eigenvalue weighted by molar-refractivity contribution is 5.92. The maximum absolute atomic E-state index is 16.3. The minimum Gasteiger partial charge on any atom is -0.489 e. The maximum atomic E-state index is 16.3. The summed E-state index contributed by atoms with van der Waals surface area (Å²) in [5, 5.41) is 0. The number of unbranched alkanes of at least 4 members (excludes halogenated alkanes) is 4. The van der Waals surface area contributed by atoms with Crippen molar-refractivity contribution in [3.05, 3.63) is 95.8 Å². The molecule has 0 saturated heterocycles. The molecular weight excluding hydrogens is 828 g/mol. The van der Waals surface area contributed by atoms with Gasteiger partial charge in [0.2, 0.25) is 0 Å². The van der Waals surface area contributed by atoms with Crippen molar-refractivity contribution in [1.82, 2.24) is 0 Å². The number of benzene rings is 3. The molecule has 0 atom stereocenters. The number of hydrogen-bond acceptors (Lipinski definition) is 13. The second-order valence-electron chi connectivity index (χ2n) is 15.7. The van der Waals surface area contributed by atoms with Crippen LogP contribution in [0.5, 0.6) is 11.5 Å². The molecule has 0 bridgehead atoms. The Morgan fingerprint density at radius 1 is 0.625 bits per heavy atom. The number of halogens is 1. The quantitative estimate of drug-likeness (QED) is 0.0178. The molecule has 14 heteroatoms. The van der Waals surface area contributed by atoms with E-state index in [4.69, 9.17) is 23.7 Å². The van der Waals surface area contributed by atoms with Crippen molar-refractivity contribution in [3.63, 3.8) is 0 Å². The van der Waals surface area contributed by atoms with Gasteiger partial charge in [0.15, 0.2) is 11.5 Å². The minimum atomic E-state index is -1.30. The summed E-state index contributed by atoms with van der Waals surface area (Å²) in [5.74, 6) is -5.52. The van der Waals surface area contributed by atoms with Crippen molar-refractivity contribution in [3.8, 4) is 33.8 Å². The first-order chi connectivity index (χ1) is 30.5. The largest absolute Gasteiger partial charge is 0.489 e. The van der Waals surface area contributed by atoms with Crippen molar-refractivity contribution in [2.75, 3.05) is 40.6 Å². The van der Waals surface area contributed by atoms with Gasteiger partial charge in [-0.2, -0.15) is 0 Å². The maximum Gasteiger partial charge on any atom is 0.338 e. The Morgan fingerprint density at radius 3 is 1.77 bits per heavy atom. The normalized spacial score (nSPS) is 10.9. The van der Waals surface area contributed by atoms with E-state index < -0.39 is 73.1 Å². The van der Waals surface area contributed by atoms with Gasteiger partial charge in [0.05, 0.1) is 26.2 Å². The molecule has 3 aromatic carbocycles. The molecular formula is C50H61FO13. The van der Waals surface area contributed by atoms with Crippen LogP contribution in [0.25, 0.3) is 22.3 Å². The van der Waals surface area contributed by atoms with E-state index in [0.717, 1.165) is 32.6 Å². The first kappa shape index (κ1) is 52.0. The lowest BCUT2D eigenvalue weighted by atomic mass is 9.87. The first-order valence-corrected chi connectivity index (χ1v) is 21.4. The zero-order valence-electron chi connectivity index (χ0n) is 37.9. The predicted octanol–water partition coefficient (Wildman–Crippen LogP) is 9.19. The topological polar surface area (TPSA) is 167 Å². The summed E-state index contributed by atoms with van der Waals surface area (Å²) in [6, 6.07) is 16.1. The molecule has 0 radical (unpaired) electrons. The Morgan fingerprint density at radius 2 is 1.22 bits per heavy atom. The predicted molar refractivity (Wildman–Crippen MR) is 238 cm³/mol. The second kappa shape index (κ2) is 26.3. The SMILES string of the molecule is C=C(C)C(=O)OCCCc1cc(-c2ccc(-c3ccc(CCCCCCC)cc3)cc2F)cc(OC(=O)C(=C)C)c1OCC(CC)(COC(=O)CC(=O)OC)COC(=O)CC(=O)OC. The van der Waals surface area contributed by atoms with Crippen LogP contribution in [0.3, 0.4) is 0 Å². The summed E-state index contributed by atoms with van der Waals surface area (Å²) in [6.45, 7) is 13.0. The summed E-state index contributed by atoms with van der Waals surface area (Å²) in [4.78, 5) is 74.1. The molecule has 0 aliphatic carbocycles. The Kier molecular flexibility index (Phi) is 21.4. The third kappa shape index (κ3) is 16.8. The fourth-order valence-corrected chi connectivity index (χ4v) is 6.31. The smallest absolute Gasteiger partial charge is 0.338 e. The van der Waals surface area contributed by atoms with Gasteiger partial charge in [0, 0.05) is 16.7 Å². The molecule has 3 rings (SSSR count). The summed E-state index contributed by atoms with van der Waals surface area (Å²) in [5.41, 5.74) is 2.64. The van der Waals surface area contributed by atoms with Crippen LogP contribution >= 0.6 is 0 Å². The highest BCUT2D eigenvalue weighted by Crippen LogP contribution is 2.41. The molecule has 0 fully saturated rings. The zero-order chi connectivity index (χ0) is 47.2. The molecule has 0 aliphatic rings. The lowest BCUT2D eigenvalue weighted by molar-refractivity contribution is -0.161. The molecule has 0 aliphatic heterocycles. The van der Waals surface area contributed by atoms with Gasteiger partial charge in [-0.3, -0.25) is 19.2 Å². The van der Waals surface area contributed by atoms with Crippen LogP contribution in [0.4, 0.5) is 4.39 Å². The molecule has 0 saturated carbocycles. The Bertz CT molecular complexity index is 2090. The summed E-state index contributed by atoms with van der Waals surface area (Å²) in [7, 11) is 2.23. The third-order valence-corrected chi connectivity index (χ3v) is 10.4. The van der Waals surface area contributed by atoms with Gasteiger partial charge >= 0.3 is 35.8 Å². The molecule has 0 heterocycles. The standard InChI is InChI=1S/C50H61FO13/c1-9-11-12-13-14-16-35-18-20-36(21-19-35)37-22-23-40(41(51)26-37)39-25-38(17-15-24-60-48(56)33(3)4)47(42(27-39)64-49(57)34(5)6)63-32-50(10-2,30-61-45(54)28-43(52)58-7)31-62-46(55)29-44(53)59-8/h18-23,25-27H,3,5,9-17,24,28-32H2,1-2,4,6-8H3. The number of carbonyl (C=O) groups excluding carboxylic acids is 6. The Hall–Kier alpha value is -6.31. The van der Waals surface area contributed by atoms with E-state index in [2.05, 4.69) is 41.7 Å². The average molecular weight is 889 g/mol. The minimum absolute atomic E-state index is 0.0257. The van der Waals surface area contributed by atoms with Crippen LogP contribution < -0.4 is 9.47 Å². The average Bonchev–Trinajstić information content (AvgIpc) is 3.27. The Balaban J connectivity index is 2.09. The number of aryl methyl sites for hydroxylation is 2.